The van der Waals surface area contributed by atoms with E-state index in [1.165, 1.54) is 51.4 Å². The zero-order valence-electron chi connectivity index (χ0n) is 22.4. The van der Waals surface area contributed by atoms with Gasteiger partial charge in [0.15, 0.2) is 0 Å². The van der Waals surface area contributed by atoms with E-state index in [9.17, 15) is 8.42 Å². The van der Waals surface area contributed by atoms with Gasteiger partial charge in [0, 0.05) is 0 Å². The van der Waals surface area contributed by atoms with Crippen molar-refractivity contribution < 1.29 is 12.6 Å². The summed E-state index contributed by atoms with van der Waals surface area (Å²) in [6, 6.07) is 0. The molecule has 0 unspecified atom stereocenters. The molecular formula is C28H53NO3S. The Morgan fingerprint density at radius 1 is 0.788 bits per heavy atom. The van der Waals surface area contributed by atoms with Crippen LogP contribution in [-0.2, 0) is 14.3 Å². The smallest absolute Gasteiger partial charge is 0.264 e. The molecule has 0 aromatic rings. The third kappa shape index (κ3) is 33.1. The number of rotatable bonds is 19. The monoisotopic (exact) mass is 483 g/mol. The van der Waals surface area contributed by atoms with Gasteiger partial charge in [0.05, 0.1) is 12.9 Å². The van der Waals surface area contributed by atoms with Crippen LogP contribution in [0.2, 0.25) is 0 Å². The van der Waals surface area contributed by atoms with E-state index < -0.39 is 10.1 Å². The molecule has 0 fully saturated rings. The first-order valence-electron chi connectivity index (χ1n) is 12.9. The molecule has 194 valence electrons. The van der Waals surface area contributed by atoms with Crippen LogP contribution in [0, 0.1) is 11.8 Å². The van der Waals surface area contributed by atoms with Crippen LogP contribution in [0.15, 0.2) is 48.6 Å². The van der Waals surface area contributed by atoms with Gasteiger partial charge in [-0.05, 0) is 51.1 Å². The Kier molecular flexibility index (Phi) is 26.2. The number of hydrogen-bond donors (Lipinski definition) is 1. The minimum absolute atomic E-state index is 0.217. The van der Waals surface area contributed by atoms with Gasteiger partial charge in [0.2, 0.25) is 0 Å². The fraction of sp³-hybridized carbons (Fsp3) is 0.714. The normalized spacial score (nSPS) is 14.4. The number of hydrogen-bond acceptors (Lipinski definition) is 4. The van der Waals surface area contributed by atoms with Crippen molar-refractivity contribution in [2.24, 2.45) is 11.8 Å². The second kappa shape index (κ2) is 25.5. The van der Waals surface area contributed by atoms with Crippen molar-refractivity contribution in [3.05, 3.63) is 48.6 Å². The Morgan fingerprint density at radius 2 is 1.27 bits per heavy atom. The molecule has 33 heavy (non-hydrogen) atoms. The molecule has 0 saturated carbocycles. The lowest BCUT2D eigenvalue weighted by Crippen LogP contribution is -2.05. The van der Waals surface area contributed by atoms with E-state index >= 15 is 0 Å². The van der Waals surface area contributed by atoms with Crippen LogP contribution in [0.1, 0.15) is 91.9 Å². The highest BCUT2D eigenvalue weighted by Gasteiger charge is 1.98. The summed E-state index contributed by atoms with van der Waals surface area (Å²) in [6.45, 7) is 10.3. The van der Waals surface area contributed by atoms with Gasteiger partial charge in [0.25, 0.3) is 10.1 Å². The third-order valence-corrected chi connectivity index (χ3v) is 5.64. The summed E-state index contributed by atoms with van der Waals surface area (Å²) in [7, 11) is -1.31. The Bertz CT molecular complexity index is 621. The molecule has 0 aliphatic carbocycles. The fourth-order valence-electron chi connectivity index (χ4n) is 2.98. The molecule has 0 aliphatic rings. The maximum atomic E-state index is 10.7. The fourth-order valence-corrected chi connectivity index (χ4v) is 3.38. The number of unbranched alkanes of at least 4 members (excludes halogenated alkanes) is 4. The van der Waals surface area contributed by atoms with E-state index in [0.29, 0.717) is 12.3 Å². The van der Waals surface area contributed by atoms with Crippen molar-refractivity contribution in [1.29, 1.82) is 0 Å². The second-order valence-electron chi connectivity index (χ2n) is 8.78. The van der Waals surface area contributed by atoms with Gasteiger partial charge in [-0.2, -0.15) is 8.42 Å². The summed E-state index contributed by atoms with van der Waals surface area (Å²) < 4.78 is 26.0. The van der Waals surface area contributed by atoms with Crippen molar-refractivity contribution in [1.82, 2.24) is 5.32 Å². The average molecular weight is 484 g/mol. The molecular weight excluding hydrogens is 430 g/mol. The van der Waals surface area contributed by atoms with E-state index in [1.807, 2.05) is 25.3 Å². The molecule has 0 heterocycles. The topological polar surface area (TPSA) is 55.4 Å². The molecule has 4 nitrogen and oxygen atoms in total. The van der Waals surface area contributed by atoms with Crippen molar-refractivity contribution in [3.63, 3.8) is 0 Å². The molecule has 2 atom stereocenters. The van der Waals surface area contributed by atoms with Gasteiger partial charge in [-0.3, -0.25) is 4.18 Å². The molecule has 0 aromatic carbocycles. The van der Waals surface area contributed by atoms with E-state index in [-0.39, 0.29) is 6.61 Å². The molecule has 0 spiro atoms. The average Bonchev–Trinajstić information content (AvgIpc) is 2.75. The van der Waals surface area contributed by atoms with Gasteiger partial charge in [-0.25, -0.2) is 0 Å². The third-order valence-electron chi connectivity index (χ3n) is 5.04. The highest BCUT2D eigenvalue weighted by atomic mass is 32.2. The van der Waals surface area contributed by atoms with Gasteiger partial charge in [0.1, 0.15) is 0 Å². The van der Waals surface area contributed by atoms with Crippen LogP contribution in [0.3, 0.4) is 0 Å². The van der Waals surface area contributed by atoms with E-state index in [1.54, 1.807) is 0 Å². The van der Waals surface area contributed by atoms with E-state index in [2.05, 4.69) is 67.6 Å². The zero-order chi connectivity index (χ0) is 25.2. The summed E-state index contributed by atoms with van der Waals surface area (Å²) in [5.74, 6) is 1.33. The first-order chi connectivity index (χ1) is 15.8. The van der Waals surface area contributed by atoms with Crippen LogP contribution >= 0.6 is 0 Å². The molecule has 0 amide bonds. The lowest BCUT2D eigenvalue weighted by atomic mass is 10.0. The van der Waals surface area contributed by atoms with Crippen molar-refractivity contribution >= 4 is 10.1 Å². The van der Waals surface area contributed by atoms with Crippen molar-refractivity contribution in [2.45, 2.75) is 91.9 Å². The van der Waals surface area contributed by atoms with Crippen LogP contribution < -0.4 is 5.32 Å². The molecule has 0 bridgehead atoms. The predicted octanol–water partition coefficient (Wildman–Crippen LogP) is 7.61. The lowest BCUT2D eigenvalue weighted by molar-refractivity contribution is 0.328. The van der Waals surface area contributed by atoms with Gasteiger partial charge < -0.3 is 5.32 Å². The highest BCUT2D eigenvalue weighted by Crippen LogP contribution is 2.11. The van der Waals surface area contributed by atoms with Gasteiger partial charge >= 0.3 is 0 Å². The second-order valence-corrected chi connectivity index (χ2v) is 10.4. The quantitative estimate of drug-likeness (QED) is 0.117. The molecule has 0 aromatic heterocycles. The summed E-state index contributed by atoms with van der Waals surface area (Å²) >= 11 is 0. The SMILES string of the molecule is CCCCC[C@H](C)/C=C/C=C\CCNC.CCCCC[C@H](C)/C=C/C=C\CCOS(C)(=O)=O. The standard InChI is InChI=1S/C14H27N.C14H26O3S/c1-4-5-8-11-14(2)12-9-6-7-10-13-15-3;1-4-5-8-11-14(2)12-9-6-7-10-13-17-18(3,15)16/h6-7,9,12,14-15H,4-5,8,10-11,13H2,1-3H3;6-7,9,12,14H,4-5,8,10-11,13H2,1-3H3/b2*7-6-,12-9+/t2*14-/m00/s1. The van der Waals surface area contributed by atoms with E-state index in [4.69, 9.17) is 0 Å². The Morgan fingerprint density at radius 3 is 1.70 bits per heavy atom. The summed E-state index contributed by atoms with van der Waals surface area (Å²) in [5, 5.41) is 3.13. The van der Waals surface area contributed by atoms with Crippen LogP contribution in [-0.4, -0.2) is 34.9 Å². The lowest BCUT2D eigenvalue weighted by Gasteiger charge is -2.03. The Balaban J connectivity index is 0. The van der Waals surface area contributed by atoms with Gasteiger partial charge in [-0.15, -0.1) is 0 Å². The van der Waals surface area contributed by atoms with Crippen molar-refractivity contribution in [2.75, 3.05) is 26.5 Å². The summed E-state index contributed by atoms with van der Waals surface area (Å²) in [6.07, 6.45) is 30.2. The molecule has 0 saturated heterocycles. The minimum Gasteiger partial charge on any atom is -0.319 e. The minimum atomic E-state index is -3.30. The summed E-state index contributed by atoms with van der Waals surface area (Å²) in [5.41, 5.74) is 0. The molecule has 1 N–H and O–H groups in total. The van der Waals surface area contributed by atoms with Crippen molar-refractivity contribution in [3.8, 4) is 0 Å². The number of nitrogens with one attached hydrogen (secondary N) is 1. The maximum Gasteiger partial charge on any atom is 0.264 e. The predicted molar refractivity (Wildman–Crippen MR) is 147 cm³/mol. The van der Waals surface area contributed by atoms with E-state index in [0.717, 1.165) is 25.1 Å². The Hall–Kier alpha value is -1.17. The Labute approximate surface area is 206 Å². The molecule has 0 radical (unpaired) electrons. The largest absolute Gasteiger partial charge is 0.319 e. The first kappa shape index (κ1) is 34.0. The maximum absolute atomic E-state index is 10.7. The van der Waals surface area contributed by atoms with Crippen LogP contribution in [0.4, 0.5) is 0 Å². The highest BCUT2D eigenvalue weighted by molar-refractivity contribution is 7.85. The van der Waals surface area contributed by atoms with Crippen LogP contribution in [0.25, 0.3) is 0 Å². The number of allylic oxidation sites excluding steroid dienone is 6. The molecule has 0 aliphatic heterocycles. The first-order valence-corrected chi connectivity index (χ1v) is 14.7. The summed E-state index contributed by atoms with van der Waals surface area (Å²) in [4.78, 5) is 0. The molecule has 0 rings (SSSR count). The van der Waals surface area contributed by atoms with Crippen LogP contribution in [0.5, 0.6) is 0 Å². The molecule has 5 heteroatoms. The van der Waals surface area contributed by atoms with Gasteiger partial charge in [-0.1, -0.05) is 115 Å². The zero-order valence-corrected chi connectivity index (χ0v) is 23.2.